The van der Waals surface area contributed by atoms with Gasteiger partial charge in [-0.2, -0.15) is 0 Å². The van der Waals surface area contributed by atoms with Gasteiger partial charge in [-0.05, 0) is 70.7 Å². The van der Waals surface area contributed by atoms with Crippen molar-refractivity contribution in [1.82, 2.24) is 4.72 Å². The lowest BCUT2D eigenvalue weighted by molar-refractivity contribution is 0.0318. The van der Waals surface area contributed by atoms with Crippen LogP contribution in [0.4, 0.5) is 0 Å². The Balaban J connectivity index is 2.30. The van der Waals surface area contributed by atoms with Gasteiger partial charge in [-0.3, -0.25) is 0 Å². The van der Waals surface area contributed by atoms with Crippen molar-refractivity contribution in [2.24, 2.45) is 0 Å². The highest BCUT2D eigenvalue weighted by Crippen LogP contribution is 2.29. The van der Waals surface area contributed by atoms with Gasteiger partial charge in [0.25, 0.3) is 0 Å². The molecule has 0 radical (unpaired) electrons. The fourth-order valence-electron chi connectivity index (χ4n) is 3.26. The maximum absolute atomic E-state index is 12.9. The predicted octanol–water partition coefficient (Wildman–Crippen LogP) is 5.31. The Morgan fingerprint density at radius 3 is 2.11 bits per heavy atom. The molecule has 0 unspecified atom stereocenters. The molecule has 0 bridgehead atoms. The van der Waals surface area contributed by atoms with E-state index in [0.717, 1.165) is 5.56 Å². The van der Waals surface area contributed by atoms with Crippen molar-refractivity contribution in [3.8, 4) is 0 Å². The molecule has 4 heteroatoms. The van der Waals surface area contributed by atoms with E-state index >= 15 is 0 Å². The normalized spacial score (nSPS) is 15.4. The monoisotopic (exact) mass is 387 g/mol. The average Bonchev–Trinajstić information content (AvgIpc) is 2.57. The first kappa shape index (κ1) is 21.8. The molecule has 148 valence electrons. The molecule has 0 aliphatic rings. The van der Waals surface area contributed by atoms with Gasteiger partial charge in [0.1, 0.15) is 0 Å². The van der Waals surface area contributed by atoms with Crippen molar-refractivity contribution in [3.05, 3.63) is 70.3 Å². The second kappa shape index (κ2) is 9.13. The van der Waals surface area contributed by atoms with Gasteiger partial charge >= 0.3 is 0 Å². The number of aryl methyl sites for hydroxylation is 3. The number of hydrogen-bond donors (Lipinski definition) is 1. The molecule has 3 atom stereocenters. The Kier molecular flexibility index (Phi) is 7.38. The molecule has 1 N–H and O–H groups in total. The van der Waals surface area contributed by atoms with Gasteiger partial charge in [-0.25, -0.2) is 8.93 Å². The number of hydrogen-bond acceptors (Lipinski definition) is 2. The summed E-state index contributed by atoms with van der Waals surface area (Å²) in [5.74, 6) is 0. The second-order valence-electron chi connectivity index (χ2n) is 8.29. The topological polar surface area (TPSA) is 38.3 Å². The van der Waals surface area contributed by atoms with Crippen LogP contribution >= 0.6 is 0 Å². The minimum Gasteiger partial charge on any atom is -0.372 e. The summed E-state index contributed by atoms with van der Waals surface area (Å²) in [6.07, 6.45) is -0.128. The van der Waals surface area contributed by atoms with Crippen molar-refractivity contribution in [1.29, 1.82) is 0 Å². The molecule has 27 heavy (non-hydrogen) atoms. The molecule has 0 heterocycles. The summed E-state index contributed by atoms with van der Waals surface area (Å²) in [6.45, 7) is 14.9. The Morgan fingerprint density at radius 1 is 1.04 bits per heavy atom. The van der Waals surface area contributed by atoms with E-state index in [4.69, 9.17) is 4.74 Å². The van der Waals surface area contributed by atoms with E-state index in [1.807, 2.05) is 39.0 Å². The fraction of sp³-hybridized carbons (Fsp3) is 0.478. The third-order valence-corrected chi connectivity index (χ3v) is 6.24. The third-order valence-electron chi connectivity index (χ3n) is 4.66. The molecule has 0 aromatic heterocycles. The highest BCUT2D eigenvalue weighted by molar-refractivity contribution is 7.84. The van der Waals surface area contributed by atoms with Gasteiger partial charge < -0.3 is 4.74 Å². The Bertz CT molecular complexity index is 758. The molecule has 0 fully saturated rings. The van der Waals surface area contributed by atoms with Crippen molar-refractivity contribution >= 4 is 11.0 Å². The van der Waals surface area contributed by atoms with Crippen LogP contribution in [-0.2, 0) is 22.3 Å². The average molecular weight is 388 g/mol. The summed E-state index contributed by atoms with van der Waals surface area (Å²) < 4.78 is 22.1. The minimum atomic E-state index is -1.19. The van der Waals surface area contributed by atoms with E-state index in [9.17, 15) is 4.21 Å². The van der Waals surface area contributed by atoms with Crippen LogP contribution in [0.5, 0.6) is 0 Å². The van der Waals surface area contributed by atoms with E-state index in [1.54, 1.807) is 0 Å². The Labute approximate surface area is 167 Å². The van der Waals surface area contributed by atoms with E-state index in [1.165, 1.54) is 22.3 Å². The summed E-state index contributed by atoms with van der Waals surface area (Å²) >= 11 is 0. The lowest BCUT2D eigenvalue weighted by atomic mass is 9.92. The summed E-state index contributed by atoms with van der Waals surface area (Å²) in [4.78, 5) is 0. The predicted molar refractivity (Wildman–Crippen MR) is 115 cm³/mol. The molecule has 2 aromatic rings. The quantitative estimate of drug-likeness (QED) is 0.699. The van der Waals surface area contributed by atoms with E-state index in [2.05, 4.69) is 56.7 Å². The third kappa shape index (κ3) is 6.00. The lowest BCUT2D eigenvalue weighted by Gasteiger charge is -2.31. The first-order chi connectivity index (χ1) is 12.6. The van der Waals surface area contributed by atoms with Crippen LogP contribution in [0, 0.1) is 20.8 Å². The molecule has 0 aliphatic carbocycles. The largest absolute Gasteiger partial charge is 0.372 e. The number of nitrogens with one attached hydrogen (secondary N) is 1. The number of rotatable bonds is 7. The second-order valence-corrected chi connectivity index (χ2v) is 10.3. The van der Waals surface area contributed by atoms with Gasteiger partial charge in [0.15, 0.2) is 0 Å². The van der Waals surface area contributed by atoms with Crippen LogP contribution in [0.25, 0.3) is 0 Å². The van der Waals surface area contributed by atoms with Crippen LogP contribution in [0.15, 0.2) is 42.5 Å². The maximum atomic E-state index is 12.9. The zero-order chi connectivity index (χ0) is 20.2. The molecule has 3 nitrogen and oxygen atoms in total. The SMILES string of the molecule is Cc1cc(C)c([C@H](N[S@](=O)C(C)(C)C)[C@@H](C)OCc2ccccc2)c(C)c1. The lowest BCUT2D eigenvalue weighted by Crippen LogP contribution is -2.40. The molecule has 0 saturated heterocycles. The van der Waals surface area contributed by atoms with E-state index in [-0.39, 0.29) is 16.9 Å². The zero-order valence-corrected chi connectivity index (χ0v) is 18.4. The highest BCUT2D eigenvalue weighted by atomic mass is 32.2. The Morgan fingerprint density at radius 2 is 1.59 bits per heavy atom. The summed E-state index contributed by atoms with van der Waals surface area (Å²) in [7, 11) is -1.19. The van der Waals surface area contributed by atoms with Gasteiger partial charge in [0, 0.05) is 0 Å². The van der Waals surface area contributed by atoms with Crippen LogP contribution in [-0.4, -0.2) is 15.1 Å². The van der Waals surface area contributed by atoms with Gasteiger partial charge in [-0.1, -0.05) is 48.0 Å². The standard InChI is InChI=1S/C23H33NO2S/c1-16-13-17(2)21(18(3)14-16)22(24-27(25)23(5,6)7)19(4)26-15-20-11-9-8-10-12-20/h8-14,19,22,24H,15H2,1-7H3/t19-,22-,27-/m1/s1. The first-order valence-electron chi connectivity index (χ1n) is 9.51. The summed E-state index contributed by atoms with van der Waals surface area (Å²) in [5, 5.41) is 0. The van der Waals surface area contributed by atoms with Gasteiger partial charge in [-0.15, -0.1) is 0 Å². The van der Waals surface area contributed by atoms with Crippen molar-refractivity contribution in [2.75, 3.05) is 0 Å². The van der Waals surface area contributed by atoms with E-state index in [0.29, 0.717) is 6.61 Å². The molecular weight excluding hydrogens is 354 g/mol. The molecule has 0 spiro atoms. The molecular formula is C23H33NO2S. The van der Waals surface area contributed by atoms with Crippen LogP contribution in [0.1, 0.15) is 61.6 Å². The van der Waals surface area contributed by atoms with E-state index < -0.39 is 11.0 Å². The molecule has 0 aliphatic heterocycles. The maximum Gasteiger partial charge on any atom is 0.0976 e. The molecule has 0 saturated carbocycles. The molecule has 2 aromatic carbocycles. The van der Waals surface area contributed by atoms with Crippen LogP contribution in [0.2, 0.25) is 0 Å². The first-order valence-corrected chi connectivity index (χ1v) is 10.7. The minimum absolute atomic E-state index is 0.128. The number of ether oxygens (including phenoxy) is 1. The van der Waals surface area contributed by atoms with Crippen LogP contribution in [0.3, 0.4) is 0 Å². The molecule has 2 rings (SSSR count). The summed E-state index contributed by atoms with van der Waals surface area (Å²) in [5.41, 5.74) is 5.95. The van der Waals surface area contributed by atoms with Gasteiger partial charge in [0.05, 0.1) is 34.5 Å². The van der Waals surface area contributed by atoms with Crippen molar-refractivity contribution in [3.63, 3.8) is 0 Å². The highest BCUT2D eigenvalue weighted by Gasteiger charge is 2.29. The van der Waals surface area contributed by atoms with Crippen molar-refractivity contribution in [2.45, 2.75) is 72.0 Å². The smallest absolute Gasteiger partial charge is 0.0976 e. The van der Waals surface area contributed by atoms with Crippen LogP contribution < -0.4 is 4.72 Å². The fourth-order valence-corrected chi connectivity index (χ4v) is 4.16. The Hall–Kier alpha value is -1.49. The molecule has 0 amide bonds. The zero-order valence-electron chi connectivity index (χ0n) is 17.6. The van der Waals surface area contributed by atoms with Gasteiger partial charge in [0.2, 0.25) is 0 Å². The van der Waals surface area contributed by atoms with Crippen molar-refractivity contribution < 1.29 is 8.95 Å². The summed E-state index contributed by atoms with van der Waals surface area (Å²) in [6, 6.07) is 14.4. The number of benzene rings is 2.